The van der Waals surface area contributed by atoms with Crippen LogP contribution >= 0.6 is 0 Å². The maximum absolute atomic E-state index is 5.40. The Morgan fingerprint density at radius 1 is 1.08 bits per heavy atom. The van der Waals surface area contributed by atoms with Crippen molar-refractivity contribution in [3.8, 4) is 0 Å². The maximum atomic E-state index is 5.40. The first kappa shape index (κ1) is 26.6. The van der Waals surface area contributed by atoms with Crippen molar-refractivity contribution in [1.29, 1.82) is 0 Å². The largest absolute Gasteiger partial charge is 0.353 e. The summed E-state index contributed by atoms with van der Waals surface area (Å²) in [6.45, 7) is 12.8. The van der Waals surface area contributed by atoms with Gasteiger partial charge in [0.1, 0.15) is 0 Å². The molecular weight excluding hydrogens is 474 g/mol. The third kappa shape index (κ3) is 4.92. The number of aliphatic imine (C=N–C) groups is 1. The van der Waals surface area contributed by atoms with Crippen molar-refractivity contribution in [2.75, 3.05) is 6.54 Å². The molecule has 1 fully saturated rings. The molecule has 3 unspecified atom stereocenters. The molecule has 0 radical (unpaired) electrons. The lowest BCUT2D eigenvalue weighted by molar-refractivity contribution is 0.521. The Morgan fingerprint density at radius 3 is 2.64 bits per heavy atom. The van der Waals surface area contributed by atoms with Gasteiger partial charge >= 0.3 is 0 Å². The van der Waals surface area contributed by atoms with Gasteiger partial charge in [-0.3, -0.25) is 4.99 Å². The third-order valence-electron chi connectivity index (χ3n) is 10.3. The third-order valence-corrected chi connectivity index (χ3v) is 10.3. The molecule has 6 rings (SSSR count). The number of allylic oxidation sites excluding steroid dienone is 6. The van der Waals surface area contributed by atoms with E-state index in [4.69, 9.17) is 4.99 Å². The number of benzene rings is 1. The molecule has 3 nitrogen and oxygen atoms in total. The molecule has 1 saturated carbocycles. The quantitative estimate of drug-likeness (QED) is 0.375. The normalized spacial score (nSPS) is 26.2. The molecule has 0 spiro atoms. The van der Waals surface area contributed by atoms with Gasteiger partial charge in [-0.15, -0.1) is 0 Å². The average Bonchev–Trinajstić information content (AvgIpc) is 3.62. The zero-order valence-corrected chi connectivity index (χ0v) is 24.8. The molecule has 2 heterocycles. The molecule has 2 N–H and O–H groups in total. The van der Waals surface area contributed by atoms with Crippen molar-refractivity contribution in [2.45, 2.75) is 104 Å². The van der Waals surface area contributed by atoms with Gasteiger partial charge in [-0.05, 0) is 98.6 Å². The van der Waals surface area contributed by atoms with Crippen LogP contribution in [-0.4, -0.2) is 29.3 Å². The molecule has 206 valence electrons. The monoisotopic (exact) mass is 521 g/mol. The number of aromatic nitrogens is 1. The van der Waals surface area contributed by atoms with Crippen LogP contribution in [0.5, 0.6) is 0 Å². The smallest absolute Gasteiger partial charge is 0.0850 e. The number of aromatic amines is 1. The highest BCUT2D eigenvalue weighted by Gasteiger charge is 2.33. The molecule has 1 aliphatic heterocycles. The van der Waals surface area contributed by atoms with Crippen LogP contribution in [-0.2, 0) is 6.42 Å². The van der Waals surface area contributed by atoms with E-state index >= 15 is 0 Å². The Bertz CT molecular complexity index is 1400. The number of nitrogens with zero attached hydrogens (tertiary/aromatic N) is 1. The molecule has 0 saturated heterocycles. The molecule has 4 aliphatic rings. The van der Waals surface area contributed by atoms with E-state index in [9.17, 15) is 0 Å². The molecule has 3 aliphatic carbocycles. The second kappa shape index (κ2) is 11.1. The van der Waals surface area contributed by atoms with Gasteiger partial charge in [-0.2, -0.15) is 0 Å². The number of H-pyrrole nitrogens is 1. The van der Waals surface area contributed by atoms with E-state index in [-0.39, 0.29) is 0 Å². The predicted octanol–water partition coefficient (Wildman–Crippen LogP) is 8.78. The Kier molecular flexibility index (Phi) is 7.55. The van der Waals surface area contributed by atoms with Gasteiger partial charge in [-0.25, -0.2) is 0 Å². The molecule has 3 atom stereocenters. The summed E-state index contributed by atoms with van der Waals surface area (Å²) in [6, 6.07) is 9.79. The summed E-state index contributed by atoms with van der Waals surface area (Å²) in [5.74, 6) is 1.13. The van der Waals surface area contributed by atoms with Crippen LogP contribution in [0.3, 0.4) is 0 Å². The van der Waals surface area contributed by atoms with E-state index < -0.39 is 0 Å². The van der Waals surface area contributed by atoms with Gasteiger partial charge in [-0.1, -0.05) is 75.1 Å². The first-order chi connectivity index (χ1) is 19.0. The number of nitrogens with one attached hydrogen (secondary N) is 2. The van der Waals surface area contributed by atoms with Crippen LogP contribution in [0.4, 0.5) is 0 Å². The fourth-order valence-electron chi connectivity index (χ4n) is 7.60. The molecule has 2 aromatic rings. The highest BCUT2D eigenvalue weighted by molar-refractivity contribution is 6.16. The first-order valence-electron chi connectivity index (χ1n) is 15.7. The highest BCUT2D eigenvalue weighted by atomic mass is 14.9. The second-order valence-corrected chi connectivity index (χ2v) is 12.5. The van der Waals surface area contributed by atoms with E-state index in [1.54, 1.807) is 11.1 Å². The SMILES string of the molecule is CCc1c(C2=NC(C)C(C)C3=C2CC(C2=CC(CC)CC(CNC4CCCC4)=C2C)=CC3)[nH]c2ccccc12. The summed E-state index contributed by atoms with van der Waals surface area (Å²) in [5, 5.41) is 5.27. The van der Waals surface area contributed by atoms with E-state index in [2.05, 4.69) is 81.3 Å². The van der Waals surface area contributed by atoms with Crippen molar-refractivity contribution in [1.82, 2.24) is 10.3 Å². The number of para-hydroxylation sites is 1. The van der Waals surface area contributed by atoms with Gasteiger partial charge in [0.05, 0.1) is 17.4 Å². The summed E-state index contributed by atoms with van der Waals surface area (Å²) in [5.41, 5.74) is 14.4. The molecule has 39 heavy (non-hydrogen) atoms. The van der Waals surface area contributed by atoms with Gasteiger partial charge in [0.15, 0.2) is 0 Å². The fourth-order valence-corrected chi connectivity index (χ4v) is 7.60. The summed E-state index contributed by atoms with van der Waals surface area (Å²) < 4.78 is 0. The standard InChI is InChI=1S/C36H47N3/c1-6-25-18-27(21-37-28-12-8-9-13-28)23(4)32(19-25)26-16-17-30-22(3)24(5)38-36(33(30)20-26)35-29(7-2)31-14-10-11-15-34(31)39-35/h10-11,14-16,19,22,24-25,28,37,39H,6-9,12-13,17-18,20-21H2,1-5H3. The van der Waals surface area contributed by atoms with Gasteiger partial charge in [0.2, 0.25) is 0 Å². The minimum Gasteiger partial charge on any atom is -0.353 e. The van der Waals surface area contributed by atoms with E-state index in [1.807, 2.05) is 0 Å². The van der Waals surface area contributed by atoms with Crippen LogP contribution in [0.25, 0.3) is 10.9 Å². The number of fused-ring (bicyclic) bond motifs is 1. The molecule has 1 aromatic heterocycles. The molecule has 3 heteroatoms. The average molecular weight is 522 g/mol. The lowest BCUT2D eigenvalue weighted by Crippen LogP contribution is -2.30. The Labute approximate surface area is 235 Å². The van der Waals surface area contributed by atoms with E-state index in [1.165, 1.54) is 88.7 Å². The van der Waals surface area contributed by atoms with Crippen LogP contribution < -0.4 is 5.32 Å². The second-order valence-electron chi connectivity index (χ2n) is 12.5. The van der Waals surface area contributed by atoms with Gasteiger partial charge in [0.25, 0.3) is 0 Å². The summed E-state index contributed by atoms with van der Waals surface area (Å²) in [7, 11) is 0. The lowest BCUT2D eigenvalue weighted by Gasteiger charge is -2.35. The van der Waals surface area contributed by atoms with Crippen molar-refractivity contribution >= 4 is 16.6 Å². The minimum atomic E-state index is 0.304. The molecule has 0 amide bonds. The number of hydrogen-bond donors (Lipinski definition) is 2. The summed E-state index contributed by atoms with van der Waals surface area (Å²) in [6.07, 6.45) is 16.1. The van der Waals surface area contributed by atoms with E-state index in [0.29, 0.717) is 17.9 Å². The van der Waals surface area contributed by atoms with Gasteiger partial charge in [0, 0.05) is 29.4 Å². The number of hydrogen-bond acceptors (Lipinski definition) is 2. The molecule has 1 aromatic carbocycles. The van der Waals surface area contributed by atoms with Crippen LogP contribution in [0.2, 0.25) is 0 Å². The summed E-state index contributed by atoms with van der Waals surface area (Å²) >= 11 is 0. The predicted molar refractivity (Wildman–Crippen MR) is 167 cm³/mol. The maximum Gasteiger partial charge on any atom is 0.0850 e. The zero-order valence-electron chi connectivity index (χ0n) is 24.8. The van der Waals surface area contributed by atoms with E-state index in [0.717, 1.165) is 31.8 Å². The Morgan fingerprint density at radius 2 is 1.87 bits per heavy atom. The minimum absolute atomic E-state index is 0.304. The van der Waals surface area contributed by atoms with Gasteiger partial charge < -0.3 is 10.3 Å². The van der Waals surface area contributed by atoms with Crippen molar-refractivity contribution in [2.24, 2.45) is 16.8 Å². The number of aryl methyl sites for hydroxylation is 1. The van der Waals surface area contributed by atoms with Crippen LogP contribution in [0.1, 0.15) is 97.2 Å². The van der Waals surface area contributed by atoms with Crippen molar-refractivity contribution in [3.05, 3.63) is 81.1 Å². The molecule has 0 bridgehead atoms. The first-order valence-corrected chi connectivity index (χ1v) is 15.7. The van der Waals surface area contributed by atoms with Crippen molar-refractivity contribution in [3.63, 3.8) is 0 Å². The Balaban J connectivity index is 1.34. The fraction of sp³-hybridized carbons (Fsp3) is 0.528. The Hall–Kier alpha value is -2.65. The number of dihydropyridines is 1. The van der Waals surface area contributed by atoms with Crippen LogP contribution in [0.15, 0.2) is 74.8 Å². The topological polar surface area (TPSA) is 40.2 Å². The van der Waals surface area contributed by atoms with Crippen molar-refractivity contribution < 1.29 is 0 Å². The molecular formula is C36H47N3. The highest BCUT2D eigenvalue weighted by Crippen LogP contribution is 2.44. The lowest BCUT2D eigenvalue weighted by atomic mass is 9.73. The summed E-state index contributed by atoms with van der Waals surface area (Å²) in [4.78, 5) is 9.21. The zero-order chi connectivity index (χ0) is 27.1. The van der Waals surface area contributed by atoms with Crippen LogP contribution in [0, 0.1) is 11.8 Å². The number of rotatable bonds is 7.